The van der Waals surface area contributed by atoms with Gasteiger partial charge in [-0.2, -0.15) is 13.2 Å². The summed E-state index contributed by atoms with van der Waals surface area (Å²) in [6.07, 6.45) is 1.60. The van der Waals surface area contributed by atoms with E-state index in [0.717, 1.165) is 39.6 Å². The van der Waals surface area contributed by atoms with Gasteiger partial charge >= 0.3 is 6.18 Å². The topological polar surface area (TPSA) is 58.7 Å². The van der Waals surface area contributed by atoms with Gasteiger partial charge in [0.1, 0.15) is 0 Å². The summed E-state index contributed by atoms with van der Waals surface area (Å²) in [6.45, 7) is 7.60. The molecule has 186 valence electrons. The predicted molar refractivity (Wildman–Crippen MR) is 144 cm³/mol. The number of rotatable bonds is 4. The van der Waals surface area contributed by atoms with Crippen LogP contribution in [0.3, 0.4) is 0 Å². The fourth-order valence-corrected chi connectivity index (χ4v) is 5.98. The van der Waals surface area contributed by atoms with Crippen LogP contribution in [-0.4, -0.2) is 19.1 Å². The molecule has 0 spiro atoms. The SMILES string of the molecule is CC1=C(c2cc(N3C=IN=N3)ccc2C)CC(C)(n2ccnn2)C=C1c1cccc(C(F)(F)F)c1C. The zero-order valence-corrected chi connectivity index (χ0v) is 22.3. The number of halogens is 4. The number of allylic oxidation sites excluding steroid dienone is 4. The van der Waals surface area contributed by atoms with E-state index in [4.69, 9.17) is 0 Å². The van der Waals surface area contributed by atoms with Crippen molar-refractivity contribution in [3.8, 4) is 0 Å². The number of alkyl halides is 3. The molecule has 1 aromatic heterocycles. The molecule has 1 unspecified atom stereocenters. The first-order valence-corrected chi connectivity index (χ1v) is 13.5. The van der Waals surface area contributed by atoms with E-state index in [2.05, 4.69) is 24.9 Å². The van der Waals surface area contributed by atoms with E-state index in [0.29, 0.717) is 12.0 Å². The summed E-state index contributed by atoms with van der Waals surface area (Å²) < 4.78 is 49.3. The standard InChI is InChI=1S/C26H24F3IN6/c1-16-8-9-19(35-15-30-32-34-35)12-21(16)23-14-25(4,36-11-10-31-33-36)13-22(17(23)2)20-6-5-7-24(18(20)3)26(27,28)29/h5-13,15H,14H2,1-4H3. The molecule has 1 aliphatic heterocycles. The van der Waals surface area contributed by atoms with Crippen molar-refractivity contribution in [1.82, 2.24) is 15.0 Å². The van der Waals surface area contributed by atoms with Gasteiger partial charge in [-0.3, -0.25) is 0 Å². The Morgan fingerprint density at radius 3 is 2.53 bits per heavy atom. The molecule has 0 N–H and O–H groups in total. The lowest BCUT2D eigenvalue weighted by atomic mass is 9.75. The molecule has 0 bridgehead atoms. The van der Waals surface area contributed by atoms with Gasteiger partial charge in [0.2, 0.25) is 0 Å². The fourth-order valence-electron chi connectivity index (χ4n) is 4.88. The maximum atomic E-state index is 13.8. The Kier molecular flexibility index (Phi) is 6.17. The van der Waals surface area contributed by atoms with E-state index in [-0.39, 0.29) is 5.56 Å². The number of nitrogens with zero attached hydrogens (tertiary/aromatic N) is 6. The molecule has 2 aromatic carbocycles. The van der Waals surface area contributed by atoms with E-state index in [1.165, 1.54) is 13.0 Å². The lowest BCUT2D eigenvalue weighted by Crippen LogP contribution is -2.32. The molecule has 5 rings (SSSR count). The second-order valence-corrected chi connectivity index (χ2v) is 10.8. The van der Waals surface area contributed by atoms with Crippen LogP contribution in [0.15, 0.2) is 69.0 Å². The number of benzene rings is 2. The third kappa shape index (κ3) is 4.31. The third-order valence-electron chi connectivity index (χ3n) is 6.84. The van der Waals surface area contributed by atoms with Crippen LogP contribution >= 0.6 is 21.0 Å². The zero-order valence-electron chi connectivity index (χ0n) is 20.2. The first-order chi connectivity index (χ1) is 17.1. The molecule has 0 radical (unpaired) electrons. The van der Waals surface area contributed by atoms with Crippen LogP contribution in [0.25, 0.3) is 11.1 Å². The molecule has 6 nitrogen and oxygen atoms in total. The predicted octanol–water partition coefficient (Wildman–Crippen LogP) is 7.42. The van der Waals surface area contributed by atoms with Crippen LogP contribution in [-0.2, 0) is 11.7 Å². The lowest BCUT2D eigenvalue weighted by Gasteiger charge is -2.35. The van der Waals surface area contributed by atoms with E-state index in [1.807, 2.05) is 43.1 Å². The van der Waals surface area contributed by atoms with Crippen LogP contribution in [0, 0.1) is 13.8 Å². The zero-order chi connectivity index (χ0) is 25.7. The molecule has 36 heavy (non-hydrogen) atoms. The summed E-state index contributed by atoms with van der Waals surface area (Å²) in [5.74, 6) is 0. The summed E-state index contributed by atoms with van der Waals surface area (Å²) in [5.41, 5.74) is 5.27. The van der Waals surface area contributed by atoms with Crippen molar-refractivity contribution < 1.29 is 13.2 Å². The van der Waals surface area contributed by atoms with Gasteiger partial charge in [0.15, 0.2) is 0 Å². The highest BCUT2D eigenvalue weighted by Gasteiger charge is 2.37. The van der Waals surface area contributed by atoms with Gasteiger partial charge in [0.05, 0.1) is 48.1 Å². The van der Waals surface area contributed by atoms with Crippen molar-refractivity contribution in [2.24, 2.45) is 8.55 Å². The monoisotopic (exact) mass is 604 g/mol. The second-order valence-electron chi connectivity index (χ2n) is 9.22. The first kappa shape index (κ1) is 24.5. The summed E-state index contributed by atoms with van der Waals surface area (Å²) >= 11 is -0.434. The molecular formula is C26H24F3IN6. The normalized spacial score (nSPS) is 20.1. The van der Waals surface area contributed by atoms with Crippen LogP contribution in [0.2, 0.25) is 0 Å². The Balaban J connectivity index is 1.73. The smallest absolute Gasteiger partial charge is 0.243 e. The Bertz CT molecular complexity index is 1440. The Morgan fingerprint density at radius 1 is 1.06 bits per heavy atom. The third-order valence-corrected chi connectivity index (χ3v) is 8.06. The molecule has 1 atom stereocenters. The number of aryl methyl sites for hydroxylation is 1. The largest absolute Gasteiger partial charge is 0.416 e. The van der Waals surface area contributed by atoms with Crippen LogP contribution < -0.4 is 5.01 Å². The summed E-state index contributed by atoms with van der Waals surface area (Å²) in [6, 6.07) is 10.5. The molecular weight excluding hydrogens is 580 g/mol. The average Bonchev–Trinajstić information content (AvgIpc) is 3.56. The van der Waals surface area contributed by atoms with Crippen molar-refractivity contribution in [3.63, 3.8) is 0 Å². The molecule has 0 amide bonds. The quantitative estimate of drug-likeness (QED) is 0.291. The Morgan fingerprint density at radius 2 is 1.86 bits per heavy atom. The number of aromatic nitrogens is 3. The minimum atomic E-state index is -4.43. The van der Waals surface area contributed by atoms with Gasteiger partial charge in [0.25, 0.3) is 0 Å². The van der Waals surface area contributed by atoms with Crippen molar-refractivity contribution in [2.75, 3.05) is 5.01 Å². The van der Waals surface area contributed by atoms with Gasteiger partial charge in [-0.05, 0) is 90.9 Å². The lowest BCUT2D eigenvalue weighted by molar-refractivity contribution is -0.138. The Labute approximate surface area is 217 Å². The molecule has 10 heteroatoms. The number of hydrogen-bond acceptors (Lipinski definition) is 5. The molecule has 0 saturated carbocycles. The van der Waals surface area contributed by atoms with Crippen LogP contribution in [0.4, 0.5) is 18.9 Å². The number of anilines is 1. The highest BCUT2D eigenvalue weighted by molar-refractivity contribution is 14.2. The van der Waals surface area contributed by atoms with Crippen molar-refractivity contribution in [2.45, 2.75) is 45.8 Å². The van der Waals surface area contributed by atoms with E-state index in [9.17, 15) is 13.2 Å². The molecule has 0 saturated heterocycles. The fraction of sp³-hybridized carbons (Fsp3) is 0.269. The van der Waals surface area contributed by atoms with E-state index >= 15 is 0 Å². The van der Waals surface area contributed by atoms with Crippen LogP contribution in [0.5, 0.6) is 0 Å². The van der Waals surface area contributed by atoms with E-state index < -0.39 is 38.3 Å². The minimum Gasteiger partial charge on any atom is -0.243 e. The highest BCUT2D eigenvalue weighted by Crippen LogP contribution is 2.47. The van der Waals surface area contributed by atoms with Crippen LogP contribution in [0.1, 0.15) is 48.1 Å². The molecule has 2 aliphatic rings. The molecule has 0 fully saturated rings. The first-order valence-electron chi connectivity index (χ1n) is 11.3. The van der Waals surface area contributed by atoms with Gasteiger partial charge in [-0.1, -0.05) is 28.6 Å². The maximum Gasteiger partial charge on any atom is 0.416 e. The van der Waals surface area contributed by atoms with Gasteiger partial charge < -0.3 is 0 Å². The highest BCUT2D eigenvalue weighted by atomic mass is 127. The summed E-state index contributed by atoms with van der Waals surface area (Å²) in [5, 5.41) is 14.3. The average molecular weight is 604 g/mol. The molecule has 3 aromatic rings. The molecule has 1 aliphatic carbocycles. The summed E-state index contributed by atoms with van der Waals surface area (Å²) in [4.78, 5) is 0. The molecule has 2 heterocycles. The Hall–Kier alpha value is -3.15. The van der Waals surface area contributed by atoms with Gasteiger partial charge in [-0.25, -0.2) is 9.69 Å². The van der Waals surface area contributed by atoms with Gasteiger partial charge in [-0.15, -0.1) is 8.43 Å². The minimum absolute atomic E-state index is 0.208. The van der Waals surface area contributed by atoms with Crippen molar-refractivity contribution in [1.29, 1.82) is 0 Å². The number of hydrogen-bond donors (Lipinski definition) is 0. The van der Waals surface area contributed by atoms with E-state index in [1.54, 1.807) is 28.2 Å². The van der Waals surface area contributed by atoms with Gasteiger partial charge in [0, 0.05) is 12.6 Å². The summed E-state index contributed by atoms with van der Waals surface area (Å²) in [7, 11) is 0. The van der Waals surface area contributed by atoms with Crippen molar-refractivity contribution in [3.05, 3.63) is 88.3 Å². The van der Waals surface area contributed by atoms with Crippen molar-refractivity contribution >= 4 is 42.0 Å². The second kappa shape index (κ2) is 9.06. The maximum absolute atomic E-state index is 13.8.